The lowest BCUT2D eigenvalue weighted by Gasteiger charge is -2.09. The molecule has 1 atom stereocenters. The SMILES string of the molecule is CCc1ccc(C(Cl)c2sccc2Br)cc1. The topological polar surface area (TPSA) is 0 Å². The molecule has 0 fully saturated rings. The molecule has 0 aliphatic carbocycles. The molecule has 0 saturated carbocycles. The normalized spacial score (nSPS) is 12.7. The van der Waals surface area contributed by atoms with Crippen molar-refractivity contribution in [3.8, 4) is 0 Å². The van der Waals surface area contributed by atoms with Gasteiger partial charge in [0.05, 0.1) is 5.38 Å². The number of alkyl halides is 1. The molecule has 0 aliphatic heterocycles. The van der Waals surface area contributed by atoms with Gasteiger partial charge in [0.25, 0.3) is 0 Å². The number of hydrogen-bond donors (Lipinski definition) is 0. The molecule has 0 radical (unpaired) electrons. The second-order valence-electron chi connectivity index (χ2n) is 3.59. The summed E-state index contributed by atoms with van der Waals surface area (Å²) < 4.78 is 1.09. The van der Waals surface area contributed by atoms with Crippen molar-refractivity contribution in [2.24, 2.45) is 0 Å². The van der Waals surface area contributed by atoms with E-state index in [0.717, 1.165) is 16.5 Å². The Labute approximate surface area is 113 Å². The van der Waals surface area contributed by atoms with E-state index < -0.39 is 0 Å². The molecule has 0 N–H and O–H groups in total. The van der Waals surface area contributed by atoms with Gasteiger partial charge >= 0.3 is 0 Å². The highest BCUT2D eigenvalue weighted by Gasteiger charge is 2.14. The maximum atomic E-state index is 6.45. The molecule has 2 aromatic rings. The first kappa shape index (κ1) is 12.2. The van der Waals surface area contributed by atoms with E-state index in [9.17, 15) is 0 Å². The molecule has 1 unspecified atom stereocenters. The minimum absolute atomic E-state index is 0.0553. The van der Waals surface area contributed by atoms with Gasteiger partial charge in [0.1, 0.15) is 0 Å². The van der Waals surface area contributed by atoms with Crippen LogP contribution >= 0.6 is 38.9 Å². The highest BCUT2D eigenvalue weighted by molar-refractivity contribution is 9.10. The molecule has 0 nitrogen and oxygen atoms in total. The van der Waals surface area contributed by atoms with Gasteiger partial charge in [0.2, 0.25) is 0 Å². The minimum atomic E-state index is -0.0553. The summed E-state index contributed by atoms with van der Waals surface area (Å²) in [4.78, 5) is 1.17. The van der Waals surface area contributed by atoms with Crippen LogP contribution in [0.1, 0.15) is 28.3 Å². The summed E-state index contributed by atoms with van der Waals surface area (Å²) in [7, 11) is 0. The smallest absolute Gasteiger partial charge is 0.0939 e. The highest BCUT2D eigenvalue weighted by atomic mass is 79.9. The fourth-order valence-electron chi connectivity index (χ4n) is 1.56. The summed E-state index contributed by atoms with van der Waals surface area (Å²) in [6.45, 7) is 2.16. The zero-order chi connectivity index (χ0) is 11.5. The summed E-state index contributed by atoms with van der Waals surface area (Å²) in [5.74, 6) is 0. The number of hydrogen-bond acceptors (Lipinski definition) is 1. The van der Waals surface area contributed by atoms with E-state index in [0.29, 0.717) is 0 Å². The second-order valence-corrected chi connectivity index (χ2v) is 5.83. The largest absolute Gasteiger partial charge is 0.146 e. The summed E-state index contributed by atoms with van der Waals surface area (Å²) in [6.07, 6.45) is 1.07. The van der Waals surface area contributed by atoms with Crippen LogP contribution in [0.2, 0.25) is 0 Å². The number of rotatable bonds is 3. The summed E-state index contributed by atoms with van der Waals surface area (Å²) in [5.41, 5.74) is 2.50. The third-order valence-electron chi connectivity index (χ3n) is 2.56. The minimum Gasteiger partial charge on any atom is -0.146 e. The van der Waals surface area contributed by atoms with E-state index in [1.165, 1.54) is 10.4 Å². The monoisotopic (exact) mass is 314 g/mol. The van der Waals surface area contributed by atoms with Crippen LogP contribution in [0.5, 0.6) is 0 Å². The van der Waals surface area contributed by atoms with E-state index in [1.807, 2.05) is 6.07 Å². The average Bonchev–Trinajstić information content (AvgIpc) is 2.75. The Morgan fingerprint density at radius 1 is 1.25 bits per heavy atom. The first-order valence-electron chi connectivity index (χ1n) is 5.18. The number of thiophene rings is 1. The lowest BCUT2D eigenvalue weighted by molar-refractivity contribution is 1.11. The maximum absolute atomic E-state index is 6.45. The fraction of sp³-hybridized carbons (Fsp3) is 0.231. The third kappa shape index (κ3) is 2.50. The van der Waals surface area contributed by atoms with E-state index in [1.54, 1.807) is 11.3 Å². The molecule has 3 heteroatoms. The molecule has 1 aromatic carbocycles. The zero-order valence-electron chi connectivity index (χ0n) is 8.91. The predicted molar refractivity (Wildman–Crippen MR) is 75.5 cm³/mol. The van der Waals surface area contributed by atoms with Gasteiger partial charge < -0.3 is 0 Å². The fourth-order valence-corrected chi connectivity index (χ4v) is 3.71. The summed E-state index contributed by atoms with van der Waals surface area (Å²) in [6, 6.07) is 10.6. The van der Waals surface area contributed by atoms with E-state index in [-0.39, 0.29) is 5.38 Å². The van der Waals surface area contributed by atoms with E-state index in [4.69, 9.17) is 11.6 Å². The molecule has 0 amide bonds. The average molecular weight is 316 g/mol. The van der Waals surface area contributed by atoms with Gasteiger partial charge in [-0.3, -0.25) is 0 Å². The Kier molecular flexibility index (Phi) is 4.06. The highest BCUT2D eigenvalue weighted by Crippen LogP contribution is 2.37. The molecule has 16 heavy (non-hydrogen) atoms. The van der Waals surface area contributed by atoms with Crippen LogP contribution in [0.3, 0.4) is 0 Å². The van der Waals surface area contributed by atoms with Crippen LogP contribution < -0.4 is 0 Å². The molecule has 2 rings (SSSR count). The van der Waals surface area contributed by atoms with Crippen LogP contribution in [-0.4, -0.2) is 0 Å². The number of halogens is 2. The lowest BCUT2D eigenvalue weighted by Crippen LogP contribution is -1.91. The molecule has 1 aromatic heterocycles. The zero-order valence-corrected chi connectivity index (χ0v) is 12.1. The van der Waals surface area contributed by atoms with Gasteiger partial charge in [-0.15, -0.1) is 22.9 Å². The van der Waals surface area contributed by atoms with Gasteiger partial charge in [-0.05, 0) is 44.9 Å². The van der Waals surface area contributed by atoms with Gasteiger partial charge in [0, 0.05) is 9.35 Å². The molecular weight excluding hydrogens is 304 g/mol. The second kappa shape index (κ2) is 5.35. The van der Waals surface area contributed by atoms with Crippen molar-refractivity contribution in [2.45, 2.75) is 18.7 Å². The lowest BCUT2D eigenvalue weighted by atomic mass is 10.1. The molecule has 0 bridgehead atoms. The number of aryl methyl sites for hydroxylation is 1. The van der Waals surface area contributed by atoms with Gasteiger partial charge in [-0.25, -0.2) is 0 Å². The summed E-state index contributed by atoms with van der Waals surface area (Å²) in [5, 5.41) is 2.00. The number of benzene rings is 1. The molecule has 0 spiro atoms. The van der Waals surface area contributed by atoms with Crippen molar-refractivity contribution in [1.29, 1.82) is 0 Å². The molecular formula is C13H12BrClS. The van der Waals surface area contributed by atoms with E-state index in [2.05, 4.69) is 52.5 Å². The van der Waals surface area contributed by atoms with Crippen LogP contribution in [0.15, 0.2) is 40.2 Å². The van der Waals surface area contributed by atoms with Crippen molar-refractivity contribution < 1.29 is 0 Å². The summed E-state index contributed by atoms with van der Waals surface area (Å²) >= 11 is 11.7. The third-order valence-corrected chi connectivity index (χ3v) is 5.09. The van der Waals surface area contributed by atoms with Gasteiger partial charge in [0.15, 0.2) is 0 Å². The standard InChI is InChI=1S/C13H12BrClS/c1-2-9-3-5-10(6-4-9)12(15)13-11(14)7-8-16-13/h3-8,12H,2H2,1H3. The quantitative estimate of drug-likeness (QED) is 0.665. The van der Waals surface area contributed by atoms with Crippen molar-refractivity contribution >= 4 is 38.9 Å². The molecule has 1 heterocycles. The van der Waals surface area contributed by atoms with Crippen LogP contribution in [0, 0.1) is 0 Å². The van der Waals surface area contributed by atoms with Gasteiger partial charge in [-0.1, -0.05) is 31.2 Å². The van der Waals surface area contributed by atoms with Crippen molar-refractivity contribution in [3.05, 3.63) is 56.2 Å². The van der Waals surface area contributed by atoms with E-state index >= 15 is 0 Å². The van der Waals surface area contributed by atoms with Crippen LogP contribution in [0.25, 0.3) is 0 Å². The molecule has 84 valence electrons. The predicted octanol–water partition coefficient (Wildman–Crippen LogP) is 5.40. The van der Waals surface area contributed by atoms with Crippen LogP contribution in [0.4, 0.5) is 0 Å². The molecule has 0 saturated heterocycles. The van der Waals surface area contributed by atoms with Crippen molar-refractivity contribution in [3.63, 3.8) is 0 Å². The first-order chi connectivity index (χ1) is 7.72. The maximum Gasteiger partial charge on any atom is 0.0939 e. The first-order valence-corrected chi connectivity index (χ1v) is 7.29. The Morgan fingerprint density at radius 2 is 1.94 bits per heavy atom. The van der Waals surface area contributed by atoms with Gasteiger partial charge in [-0.2, -0.15) is 0 Å². The Morgan fingerprint density at radius 3 is 2.44 bits per heavy atom. The Hall–Kier alpha value is -0.310. The van der Waals surface area contributed by atoms with Crippen molar-refractivity contribution in [1.82, 2.24) is 0 Å². The van der Waals surface area contributed by atoms with Crippen molar-refractivity contribution in [2.75, 3.05) is 0 Å². The molecule has 0 aliphatic rings. The Balaban J connectivity index is 2.27. The Bertz CT molecular complexity index is 461. The van der Waals surface area contributed by atoms with Crippen LogP contribution in [-0.2, 0) is 6.42 Å².